The number of pyridine rings is 1. The van der Waals surface area contributed by atoms with Gasteiger partial charge in [-0.05, 0) is 70.3 Å². The van der Waals surface area contributed by atoms with Crippen molar-refractivity contribution in [3.05, 3.63) is 29.6 Å². The molecule has 106 valence electrons. The van der Waals surface area contributed by atoms with Crippen LogP contribution in [-0.4, -0.2) is 35.1 Å². The normalized spacial score (nSPS) is 20.9. The molecule has 0 aliphatic carbocycles. The van der Waals surface area contributed by atoms with E-state index in [9.17, 15) is 0 Å². The van der Waals surface area contributed by atoms with Crippen molar-refractivity contribution in [2.45, 2.75) is 46.2 Å². The van der Waals surface area contributed by atoms with E-state index in [0.717, 1.165) is 19.0 Å². The number of hydrogen-bond donors (Lipinski definition) is 1. The third-order valence-electron chi connectivity index (χ3n) is 3.83. The van der Waals surface area contributed by atoms with Crippen LogP contribution in [0.4, 0.5) is 0 Å². The van der Waals surface area contributed by atoms with Crippen LogP contribution in [0.3, 0.4) is 0 Å². The smallest absolute Gasteiger partial charge is 0.0315 e. The van der Waals surface area contributed by atoms with Gasteiger partial charge < -0.3 is 5.32 Å². The number of nitrogens with one attached hydrogen (secondary N) is 1. The van der Waals surface area contributed by atoms with Gasteiger partial charge in [-0.2, -0.15) is 0 Å². The van der Waals surface area contributed by atoms with Gasteiger partial charge in [-0.1, -0.05) is 0 Å². The predicted octanol–water partition coefficient (Wildman–Crippen LogP) is 2.60. The van der Waals surface area contributed by atoms with Crippen molar-refractivity contribution in [2.75, 3.05) is 19.6 Å². The summed E-state index contributed by atoms with van der Waals surface area (Å²) < 4.78 is 0. The van der Waals surface area contributed by atoms with Gasteiger partial charge in [-0.3, -0.25) is 9.88 Å². The maximum Gasteiger partial charge on any atom is 0.0315 e. The monoisotopic (exact) mass is 261 g/mol. The van der Waals surface area contributed by atoms with Crippen molar-refractivity contribution < 1.29 is 0 Å². The molecule has 0 saturated carbocycles. The van der Waals surface area contributed by atoms with Crippen molar-refractivity contribution in [1.82, 2.24) is 15.2 Å². The van der Waals surface area contributed by atoms with Crippen LogP contribution in [0.15, 0.2) is 18.5 Å². The van der Waals surface area contributed by atoms with Gasteiger partial charge in [0.15, 0.2) is 0 Å². The quantitative estimate of drug-likeness (QED) is 0.903. The van der Waals surface area contributed by atoms with Gasteiger partial charge in [0.05, 0.1) is 0 Å². The molecule has 3 heteroatoms. The Morgan fingerprint density at radius 3 is 2.89 bits per heavy atom. The largest absolute Gasteiger partial charge is 0.312 e. The first-order chi connectivity index (χ1) is 8.94. The van der Waals surface area contributed by atoms with Crippen molar-refractivity contribution in [1.29, 1.82) is 0 Å². The summed E-state index contributed by atoms with van der Waals surface area (Å²) in [6.07, 6.45) is 5.19. The van der Waals surface area contributed by atoms with Gasteiger partial charge in [0, 0.05) is 31.0 Å². The molecule has 2 heterocycles. The minimum absolute atomic E-state index is 0.230. The Morgan fingerprint density at radius 2 is 2.21 bits per heavy atom. The van der Waals surface area contributed by atoms with Gasteiger partial charge in [0.25, 0.3) is 0 Å². The molecule has 1 N–H and O–H groups in total. The summed E-state index contributed by atoms with van der Waals surface area (Å²) in [5, 5.41) is 3.62. The SMILES string of the molecule is Cc1ccncc1CN1CCC(CNC(C)(C)C)C1. The molecule has 0 radical (unpaired) electrons. The third-order valence-corrected chi connectivity index (χ3v) is 3.83. The molecule has 0 spiro atoms. The van der Waals surface area contributed by atoms with E-state index in [2.05, 4.69) is 49.0 Å². The Bertz CT molecular complexity index is 409. The summed E-state index contributed by atoms with van der Waals surface area (Å²) in [5.41, 5.74) is 2.95. The van der Waals surface area contributed by atoms with Crippen LogP contribution in [0.25, 0.3) is 0 Å². The summed E-state index contributed by atoms with van der Waals surface area (Å²) in [5.74, 6) is 0.788. The van der Waals surface area contributed by atoms with Crippen LogP contribution in [0.1, 0.15) is 38.3 Å². The van der Waals surface area contributed by atoms with E-state index in [4.69, 9.17) is 0 Å². The predicted molar refractivity (Wildman–Crippen MR) is 80.1 cm³/mol. The fraction of sp³-hybridized carbons (Fsp3) is 0.688. The number of nitrogens with zero attached hydrogens (tertiary/aromatic N) is 2. The van der Waals surface area contributed by atoms with E-state index >= 15 is 0 Å². The molecule has 19 heavy (non-hydrogen) atoms. The molecule has 0 aromatic carbocycles. The summed E-state index contributed by atoms with van der Waals surface area (Å²) in [6.45, 7) is 13.5. The number of aromatic nitrogens is 1. The molecule has 1 fully saturated rings. The Morgan fingerprint density at radius 1 is 1.42 bits per heavy atom. The van der Waals surface area contributed by atoms with E-state index in [1.807, 2.05) is 12.4 Å². The van der Waals surface area contributed by atoms with E-state index in [0.29, 0.717) is 0 Å². The molecule has 2 rings (SSSR count). The van der Waals surface area contributed by atoms with Crippen LogP contribution < -0.4 is 5.32 Å². The Labute approximate surface area is 117 Å². The van der Waals surface area contributed by atoms with Gasteiger partial charge in [0.2, 0.25) is 0 Å². The molecular formula is C16H27N3. The highest BCUT2D eigenvalue weighted by molar-refractivity contribution is 5.21. The first kappa shape index (κ1) is 14.5. The lowest BCUT2D eigenvalue weighted by atomic mass is 10.1. The molecule has 0 amide bonds. The van der Waals surface area contributed by atoms with Gasteiger partial charge in [-0.25, -0.2) is 0 Å². The second kappa shape index (κ2) is 6.02. The zero-order chi connectivity index (χ0) is 13.9. The lowest BCUT2D eigenvalue weighted by Crippen LogP contribution is -2.39. The lowest BCUT2D eigenvalue weighted by molar-refractivity contribution is 0.304. The molecule has 1 saturated heterocycles. The fourth-order valence-corrected chi connectivity index (χ4v) is 2.58. The van der Waals surface area contributed by atoms with Crippen molar-refractivity contribution in [3.8, 4) is 0 Å². The maximum atomic E-state index is 4.24. The second-order valence-corrected chi connectivity index (χ2v) is 6.82. The average Bonchev–Trinajstić information content (AvgIpc) is 2.77. The number of aryl methyl sites for hydroxylation is 1. The van der Waals surface area contributed by atoms with Gasteiger partial charge in [0.1, 0.15) is 0 Å². The summed E-state index contributed by atoms with van der Waals surface area (Å²) >= 11 is 0. The second-order valence-electron chi connectivity index (χ2n) is 6.82. The maximum absolute atomic E-state index is 4.24. The number of hydrogen-bond acceptors (Lipinski definition) is 3. The third kappa shape index (κ3) is 4.59. The topological polar surface area (TPSA) is 28.2 Å². The van der Waals surface area contributed by atoms with E-state index in [1.54, 1.807) is 0 Å². The molecule has 1 unspecified atom stereocenters. The Kier molecular flexibility index (Phi) is 4.58. The molecule has 3 nitrogen and oxygen atoms in total. The minimum atomic E-state index is 0.230. The summed E-state index contributed by atoms with van der Waals surface area (Å²) in [6, 6.07) is 2.10. The van der Waals surface area contributed by atoms with Crippen LogP contribution >= 0.6 is 0 Å². The highest BCUT2D eigenvalue weighted by Crippen LogP contribution is 2.19. The Hall–Kier alpha value is -0.930. The molecule has 1 atom stereocenters. The zero-order valence-electron chi connectivity index (χ0n) is 12.7. The Balaban J connectivity index is 1.81. The zero-order valence-corrected chi connectivity index (χ0v) is 12.7. The van der Waals surface area contributed by atoms with Crippen molar-refractivity contribution in [3.63, 3.8) is 0 Å². The summed E-state index contributed by atoms with van der Waals surface area (Å²) in [4.78, 5) is 6.79. The number of likely N-dealkylation sites (tertiary alicyclic amines) is 1. The van der Waals surface area contributed by atoms with Crippen LogP contribution in [0.2, 0.25) is 0 Å². The van der Waals surface area contributed by atoms with Crippen molar-refractivity contribution in [2.24, 2.45) is 5.92 Å². The van der Waals surface area contributed by atoms with Crippen LogP contribution in [0, 0.1) is 12.8 Å². The van der Waals surface area contributed by atoms with Crippen LogP contribution in [0.5, 0.6) is 0 Å². The van der Waals surface area contributed by atoms with E-state index in [1.165, 1.54) is 30.6 Å². The molecule has 0 bridgehead atoms. The lowest BCUT2D eigenvalue weighted by Gasteiger charge is -2.23. The van der Waals surface area contributed by atoms with Gasteiger partial charge >= 0.3 is 0 Å². The van der Waals surface area contributed by atoms with E-state index in [-0.39, 0.29) is 5.54 Å². The van der Waals surface area contributed by atoms with E-state index < -0.39 is 0 Å². The minimum Gasteiger partial charge on any atom is -0.312 e. The van der Waals surface area contributed by atoms with Crippen LogP contribution in [-0.2, 0) is 6.54 Å². The first-order valence-corrected chi connectivity index (χ1v) is 7.31. The van der Waals surface area contributed by atoms with Crippen molar-refractivity contribution >= 4 is 0 Å². The fourth-order valence-electron chi connectivity index (χ4n) is 2.58. The van der Waals surface area contributed by atoms with Gasteiger partial charge in [-0.15, -0.1) is 0 Å². The molecular weight excluding hydrogens is 234 g/mol. The molecule has 1 aromatic heterocycles. The standard InChI is InChI=1S/C16H27N3/c1-13-5-7-17-10-15(13)12-19-8-6-14(11-19)9-18-16(2,3)4/h5,7,10,14,18H,6,8-9,11-12H2,1-4H3. The number of rotatable bonds is 4. The average molecular weight is 261 g/mol. The highest BCUT2D eigenvalue weighted by atomic mass is 15.2. The highest BCUT2D eigenvalue weighted by Gasteiger charge is 2.23. The first-order valence-electron chi connectivity index (χ1n) is 7.31. The molecule has 1 aliphatic rings. The summed E-state index contributed by atoms with van der Waals surface area (Å²) in [7, 11) is 0. The molecule has 1 aromatic rings. The molecule has 1 aliphatic heterocycles.